The van der Waals surface area contributed by atoms with Gasteiger partial charge in [0, 0.05) is 21.7 Å². The van der Waals surface area contributed by atoms with E-state index >= 15 is 0 Å². The van der Waals surface area contributed by atoms with Crippen LogP contribution < -0.4 is 5.32 Å². The topological polar surface area (TPSA) is 12.0 Å². The molecule has 1 unspecified atom stereocenters. The lowest BCUT2D eigenvalue weighted by atomic mass is 10.0. The molecule has 0 aliphatic carbocycles. The molecule has 112 valence electrons. The van der Waals surface area contributed by atoms with Gasteiger partial charge in [0.05, 0.1) is 0 Å². The first-order valence-corrected chi connectivity index (χ1v) is 8.65. The summed E-state index contributed by atoms with van der Waals surface area (Å²) in [6, 6.07) is 15.2. The van der Waals surface area contributed by atoms with Gasteiger partial charge in [0.2, 0.25) is 0 Å². The maximum Gasteiger partial charge on any atom is 0.0415 e. The van der Waals surface area contributed by atoms with Gasteiger partial charge in [-0.3, -0.25) is 0 Å². The van der Waals surface area contributed by atoms with Crippen LogP contribution in [0.1, 0.15) is 29.7 Å². The molecule has 0 saturated carbocycles. The van der Waals surface area contributed by atoms with Crippen LogP contribution in [-0.2, 0) is 0 Å². The fraction of sp³-hybridized carbons (Fsp3) is 0.333. The Morgan fingerprint density at radius 3 is 2.38 bits per heavy atom. The van der Waals surface area contributed by atoms with Crippen molar-refractivity contribution in [1.82, 2.24) is 5.32 Å². The summed E-state index contributed by atoms with van der Waals surface area (Å²) < 4.78 is 0. The first-order chi connectivity index (χ1) is 10.1. The van der Waals surface area contributed by atoms with Gasteiger partial charge in [-0.15, -0.1) is 11.8 Å². The molecule has 1 nitrogen and oxygen atoms in total. The zero-order valence-corrected chi connectivity index (χ0v) is 14.4. The number of hydrogen-bond acceptors (Lipinski definition) is 2. The van der Waals surface area contributed by atoms with Crippen molar-refractivity contribution in [2.45, 2.75) is 31.7 Å². The van der Waals surface area contributed by atoms with E-state index in [-0.39, 0.29) is 0 Å². The van der Waals surface area contributed by atoms with Gasteiger partial charge in [0.25, 0.3) is 0 Å². The third-order valence-corrected chi connectivity index (χ3v) is 4.97. The third kappa shape index (κ3) is 4.77. The van der Waals surface area contributed by atoms with E-state index < -0.39 is 0 Å². The molecule has 0 amide bonds. The Hall–Kier alpha value is -0.960. The van der Waals surface area contributed by atoms with Crippen molar-refractivity contribution in [2.75, 3.05) is 12.3 Å². The van der Waals surface area contributed by atoms with Crippen LogP contribution in [0.15, 0.2) is 47.4 Å². The molecule has 0 bridgehead atoms. The SMILES string of the molecule is CCNC(CSc1ccc(Cl)cc1)c1ccc(C)c(C)c1. The average Bonchev–Trinajstić information content (AvgIpc) is 2.48. The highest BCUT2D eigenvalue weighted by atomic mass is 35.5. The monoisotopic (exact) mass is 319 g/mol. The molecule has 0 heterocycles. The Bertz CT molecular complexity index is 580. The van der Waals surface area contributed by atoms with E-state index in [1.54, 1.807) is 0 Å². The van der Waals surface area contributed by atoms with Crippen LogP contribution in [0.25, 0.3) is 0 Å². The average molecular weight is 320 g/mol. The van der Waals surface area contributed by atoms with Crippen molar-refractivity contribution in [1.29, 1.82) is 0 Å². The van der Waals surface area contributed by atoms with E-state index in [4.69, 9.17) is 11.6 Å². The van der Waals surface area contributed by atoms with Crippen molar-refractivity contribution in [2.24, 2.45) is 0 Å². The van der Waals surface area contributed by atoms with Crippen LogP contribution in [0.5, 0.6) is 0 Å². The predicted octanol–water partition coefficient (Wildman–Crippen LogP) is 5.40. The number of benzene rings is 2. The third-order valence-electron chi connectivity index (χ3n) is 3.61. The smallest absolute Gasteiger partial charge is 0.0415 e. The number of rotatable bonds is 6. The Balaban J connectivity index is 2.07. The van der Waals surface area contributed by atoms with E-state index in [9.17, 15) is 0 Å². The normalized spacial score (nSPS) is 12.4. The van der Waals surface area contributed by atoms with Crippen LogP contribution in [0.3, 0.4) is 0 Å². The van der Waals surface area contributed by atoms with Crippen molar-refractivity contribution < 1.29 is 0 Å². The summed E-state index contributed by atoms with van der Waals surface area (Å²) in [5.74, 6) is 1.01. The number of thioether (sulfide) groups is 1. The Morgan fingerprint density at radius 1 is 1.05 bits per heavy atom. The first kappa shape index (κ1) is 16.4. The van der Waals surface area contributed by atoms with Crippen LogP contribution >= 0.6 is 23.4 Å². The lowest BCUT2D eigenvalue weighted by Gasteiger charge is -2.19. The largest absolute Gasteiger partial charge is 0.309 e. The lowest BCUT2D eigenvalue weighted by molar-refractivity contribution is 0.605. The van der Waals surface area contributed by atoms with E-state index in [0.29, 0.717) is 6.04 Å². The summed E-state index contributed by atoms with van der Waals surface area (Å²) in [6.07, 6.45) is 0. The van der Waals surface area contributed by atoms with Gasteiger partial charge in [-0.05, 0) is 61.3 Å². The molecule has 0 spiro atoms. The van der Waals surface area contributed by atoms with Gasteiger partial charge in [-0.25, -0.2) is 0 Å². The van der Waals surface area contributed by atoms with Gasteiger partial charge < -0.3 is 5.32 Å². The minimum Gasteiger partial charge on any atom is -0.309 e. The second kappa shape index (κ2) is 7.88. The Morgan fingerprint density at radius 2 is 1.76 bits per heavy atom. The zero-order chi connectivity index (χ0) is 15.2. The molecule has 1 atom stereocenters. The van der Waals surface area contributed by atoms with Gasteiger partial charge >= 0.3 is 0 Å². The summed E-state index contributed by atoms with van der Waals surface area (Å²) >= 11 is 7.79. The molecule has 2 rings (SSSR count). The summed E-state index contributed by atoms with van der Waals surface area (Å²) in [5.41, 5.74) is 4.06. The summed E-state index contributed by atoms with van der Waals surface area (Å²) in [4.78, 5) is 1.26. The van der Waals surface area contributed by atoms with Crippen molar-refractivity contribution >= 4 is 23.4 Å². The zero-order valence-electron chi connectivity index (χ0n) is 12.8. The highest BCUT2D eigenvalue weighted by Crippen LogP contribution is 2.26. The molecule has 0 aromatic heterocycles. The molecular formula is C18H22ClNS. The van der Waals surface area contributed by atoms with Gasteiger partial charge in [-0.2, -0.15) is 0 Å². The standard InChI is InChI=1S/C18H22ClNS/c1-4-20-18(15-6-5-13(2)14(3)11-15)12-21-17-9-7-16(19)8-10-17/h5-11,18,20H,4,12H2,1-3H3. The quantitative estimate of drug-likeness (QED) is 0.715. The highest BCUT2D eigenvalue weighted by molar-refractivity contribution is 7.99. The maximum atomic E-state index is 5.93. The van der Waals surface area contributed by atoms with Crippen molar-refractivity contribution in [3.05, 3.63) is 64.2 Å². The highest BCUT2D eigenvalue weighted by Gasteiger charge is 2.11. The Labute approximate surface area is 137 Å². The van der Waals surface area contributed by atoms with Crippen molar-refractivity contribution in [3.63, 3.8) is 0 Å². The predicted molar refractivity (Wildman–Crippen MR) is 94.5 cm³/mol. The second-order valence-corrected chi connectivity index (χ2v) is 6.75. The molecule has 1 N–H and O–H groups in total. The first-order valence-electron chi connectivity index (χ1n) is 7.29. The van der Waals surface area contributed by atoms with Gasteiger partial charge in [0.1, 0.15) is 0 Å². The van der Waals surface area contributed by atoms with E-state index in [1.165, 1.54) is 21.6 Å². The number of nitrogens with one attached hydrogen (secondary N) is 1. The number of hydrogen-bond donors (Lipinski definition) is 1. The van der Waals surface area contributed by atoms with Crippen LogP contribution in [0, 0.1) is 13.8 Å². The van der Waals surface area contributed by atoms with E-state index in [2.05, 4.69) is 56.4 Å². The van der Waals surface area contributed by atoms with Crippen LogP contribution in [0.4, 0.5) is 0 Å². The minimum absolute atomic E-state index is 0.370. The fourth-order valence-corrected chi connectivity index (χ4v) is 3.34. The molecule has 0 fully saturated rings. The van der Waals surface area contributed by atoms with Crippen LogP contribution in [0.2, 0.25) is 5.02 Å². The summed E-state index contributed by atoms with van der Waals surface area (Å²) in [7, 11) is 0. The van der Waals surface area contributed by atoms with Gasteiger partial charge in [-0.1, -0.05) is 36.7 Å². The molecule has 2 aromatic rings. The fourth-order valence-electron chi connectivity index (χ4n) is 2.21. The molecule has 21 heavy (non-hydrogen) atoms. The lowest BCUT2D eigenvalue weighted by Crippen LogP contribution is -2.23. The second-order valence-electron chi connectivity index (χ2n) is 5.22. The molecule has 0 radical (unpaired) electrons. The van der Waals surface area contributed by atoms with Gasteiger partial charge in [0.15, 0.2) is 0 Å². The molecule has 2 aromatic carbocycles. The summed E-state index contributed by atoms with van der Waals surface area (Å²) in [5, 5.41) is 4.37. The van der Waals surface area contributed by atoms with E-state index in [1.807, 2.05) is 23.9 Å². The molecule has 3 heteroatoms. The minimum atomic E-state index is 0.370. The van der Waals surface area contributed by atoms with E-state index in [0.717, 1.165) is 17.3 Å². The molecular weight excluding hydrogens is 298 g/mol. The molecule has 0 aliphatic heterocycles. The molecule has 0 aliphatic rings. The Kier molecular flexibility index (Phi) is 6.16. The number of aryl methyl sites for hydroxylation is 2. The molecule has 0 saturated heterocycles. The van der Waals surface area contributed by atoms with Crippen LogP contribution in [-0.4, -0.2) is 12.3 Å². The maximum absolute atomic E-state index is 5.93. The summed E-state index contributed by atoms with van der Waals surface area (Å²) in [6.45, 7) is 7.46. The number of halogens is 1. The van der Waals surface area contributed by atoms with Crippen molar-refractivity contribution in [3.8, 4) is 0 Å².